The van der Waals surface area contributed by atoms with Crippen molar-refractivity contribution in [2.45, 2.75) is 0 Å². The molecule has 1 amide bonds. The molecule has 0 saturated carbocycles. The van der Waals surface area contributed by atoms with E-state index in [1.165, 1.54) is 6.07 Å². The van der Waals surface area contributed by atoms with E-state index in [0.29, 0.717) is 5.82 Å². The highest BCUT2D eigenvalue weighted by molar-refractivity contribution is 6.03. The van der Waals surface area contributed by atoms with Crippen molar-refractivity contribution in [1.29, 1.82) is 0 Å². The van der Waals surface area contributed by atoms with Crippen LogP contribution in [-0.4, -0.2) is 55.2 Å². The number of nitrogens with one attached hydrogen (secondary N) is 2. The summed E-state index contributed by atoms with van der Waals surface area (Å²) in [4.78, 5) is 18.5. The van der Waals surface area contributed by atoms with Crippen LogP contribution in [0.3, 0.4) is 0 Å². The second-order valence-electron chi connectivity index (χ2n) is 5.90. The van der Waals surface area contributed by atoms with Gasteiger partial charge < -0.3 is 15.4 Å². The van der Waals surface area contributed by atoms with Gasteiger partial charge in [-0.15, -0.1) is 0 Å². The zero-order valence-corrected chi connectivity index (χ0v) is 14.2. The minimum atomic E-state index is -1.06. The smallest absolute Gasteiger partial charge is 0.256 e. The zero-order valence-electron chi connectivity index (χ0n) is 14.2. The highest BCUT2D eigenvalue weighted by Gasteiger charge is 2.11. The van der Waals surface area contributed by atoms with Gasteiger partial charge in [0.2, 0.25) is 0 Å². The van der Waals surface area contributed by atoms with E-state index in [4.69, 9.17) is 4.74 Å². The van der Waals surface area contributed by atoms with Crippen molar-refractivity contribution in [2.24, 2.45) is 0 Å². The van der Waals surface area contributed by atoms with Crippen molar-refractivity contribution in [3.05, 3.63) is 53.7 Å². The third-order valence-corrected chi connectivity index (χ3v) is 4.05. The minimum Gasteiger partial charge on any atom is -0.383 e. The molecule has 26 heavy (non-hydrogen) atoms. The topological polar surface area (TPSA) is 66.5 Å². The van der Waals surface area contributed by atoms with Gasteiger partial charge in [0.05, 0.1) is 25.1 Å². The lowest BCUT2D eigenvalue weighted by molar-refractivity contribution is 0.0398. The van der Waals surface area contributed by atoms with Gasteiger partial charge in [-0.05, 0) is 30.3 Å². The first-order valence-electron chi connectivity index (χ1n) is 8.38. The number of aromatic nitrogens is 1. The van der Waals surface area contributed by atoms with Crippen LogP contribution in [0.1, 0.15) is 10.4 Å². The van der Waals surface area contributed by atoms with Crippen LogP contribution >= 0.6 is 0 Å². The number of halogens is 2. The van der Waals surface area contributed by atoms with E-state index in [-0.39, 0.29) is 5.56 Å². The average molecular weight is 362 g/mol. The number of anilines is 2. The first kappa shape index (κ1) is 18.2. The van der Waals surface area contributed by atoms with Crippen molar-refractivity contribution in [2.75, 3.05) is 50.0 Å². The van der Waals surface area contributed by atoms with Gasteiger partial charge in [0.1, 0.15) is 5.82 Å². The molecule has 0 spiro atoms. The molecule has 0 atom stereocenters. The van der Waals surface area contributed by atoms with E-state index in [1.54, 1.807) is 18.3 Å². The van der Waals surface area contributed by atoms with Gasteiger partial charge in [0.15, 0.2) is 11.6 Å². The Bertz CT molecular complexity index is 749. The molecule has 0 bridgehead atoms. The lowest BCUT2D eigenvalue weighted by Gasteiger charge is -2.26. The largest absolute Gasteiger partial charge is 0.383 e. The first-order chi connectivity index (χ1) is 12.6. The van der Waals surface area contributed by atoms with Crippen LogP contribution in [-0.2, 0) is 4.74 Å². The number of carbonyl (C=O) groups is 1. The summed E-state index contributed by atoms with van der Waals surface area (Å²) in [5, 5.41) is 5.82. The molecule has 0 unspecified atom stereocenters. The predicted octanol–water partition coefficient (Wildman–Crippen LogP) is 2.36. The van der Waals surface area contributed by atoms with Gasteiger partial charge in [0, 0.05) is 31.7 Å². The van der Waals surface area contributed by atoms with Gasteiger partial charge in [-0.1, -0.05) is 0 Å². The van der Waals surface area contributed by atoms with Crippen molar-refractivity contribution < 1.29 is 18.3 Å². The molecule has 1 aliphatic heterocycles. The summed E-state index contributed by atoms with van der Waals surface area (Å²) in [6, 6.07) is 6.43. The Hall–Kier alpha value is -2.58. The number of morpholine rings is 1. The molecule has 2 heterocycles. The molecule has 1 saturated heterocycles. The number of nitrogens with zero attached hydrogens (tertiary/aromatic N) is 2. The standard InChI is InChI=1S/C18H20F2N4O2/c19-15-3-1-13(11-16(15)20)18(25)23-17-4-2-14(12-22-17)21-5-6-24-7-9-26-10-8-24/h1-4,11-12,21H,5-10H2,(H,22,23,25). The van der Waals surface area contributed by atoms with E-state index in [1.807, 2.05) is 0 Å². The van der Waals surface area contributed by atoms with Crippen LogP contribution in [0.4, 0.5) is 20.3 Å². The summed E-state index contributed by atoms with van der Waals surface area (Å²) in [6.07, 6.45) is 1.61. The molecule has 0 radical (unpaired) electrons. The Labute approximate surface area is 150 Å². The number of hydrogen-bond donors (Lipinski definition) is 2. The van der Waals surface area contributed by atoms with Crippen molar-refractivity contribution in [3.63, 3.8) is 0 Å². The Morgan fingerprint density at radius 1 is 1.15 bits per heavy atom. The van der Waals surface area contributed by atoms with Crippen molar-refractivity contribution in [3.8, 4) is 0 Å². The Morgan fingerprint density at radius 3 is 2.65 bits per heavy atom. The van der Waals surface area contributed by atoms with Crippen molar-refractivity contribution in [1.82, 2.24) is 9.88 Å². The number of rotatable bonds is 6. The van der Waals surface area contributed by atoms with Crippen LogP contribution in [0.25, 0.3) is 0 Å². The molecular formula is C18H20F2N4O2. The maximum atomic E-state index is 13.2. The summed E-state index contributed by atoms with van der Waals surface area (Å²) < 4.78 is 31.4. The fourth-order valence-electron chi connectivity index (χ4n) is 2.58. The van der Waals surface area contributed by atoms with E-state index < -0.39 is 17.5 Å². The third kappa shape index (κ3) is 4.96. The van der Waals surface area contributed by atoms with Gasteiger partial charge in [-0.3, -0.25) is 9.69 Å². The molecule has 0 aliphatic carbocycles. The lowest BCUT2D eigenvalue weighted by atomic mass is 10.2. The minimum absolute atomic E-state index is 0.0263. The Balaban J connectivity index is 1.49. The van der Waals surface area contributed by atoms with E-state index in [2.05, 4.69) is 20.5 Å². The monoisotopic (exact) mass is 362 g/mol. The van der Waals surface area contributed by atoms with E-state index in [0.717, 1.165) is 57.2 Å². The summed E-state index contributed by atoms with van der Waals surface area (Å²) in [7, 11) is 0. The summed E-state index contributed by atoms with van der Waals surface area (Å²) in [5.74, 6) is -2.28. The maximum absolute atomic E-state index is 13.2. The fraction of sp³-hybridized carbons (Fsp3) is 0.333. The molecule has 3 rings (SSSR count). The molecule has 1 aliphatic rings. The van der Waals surface area contributed by atoms with E-state index >= 15 is 0 Å². The fourth-order valence-corrected chi connectivity index (χ4v) is 2.58. The summed E-state index contributed by atoms with van der Waals surface area (Å²) in [6.45, 7) is 5.12. The highest BCUT2D eigenvalue weighted by atomic mass is 19.2. The Morgan fingerprint density at radius 2 is 1.96 bits per heavy atom. The van der Waals surface area contributed by atoms with Crippen LogP contribution in [0.15, 0.2) is 36.5 Å². The first-order valence-corrected chi connectivity index (χ1v) is 8.38. The average Bonchev–Trinajstić information content (AvgIpc) is 2.66. The molecule has 2 aromatic rings. The molecule has 1 aromatic heterocycles. The van der Waals surface area contributed by atoms with Crippen LogP contribution in [0, 0.1) is 11.6 Å². The number of carbonyl (C=O) groups excluding carboxylic acids is 1. The van der Waals surface area contributed by atoms with Gasteiger partial charge >= 0.3 is 0 Å². The molecule has 1 aromatic carbocycles. The molecule has 2 N–H and O–H groups in total. The Kier molecular flexibility index (Phi) is 6.08. The normalized spacial score (nSPS) is 14.8. The highest BCUT2D eigenvalue weighted by Crippen LogP contribution is 2.13. The van der Waals surface area contributed by atoms with Gasteiger partial charge in [0.25, 0.3) is 5.91 Å². The lowest BCUT2D eigenvalue weighted by Crippen LogP contribution is -2.39. The second-order valence-corrected chi connectivity index (χ2v) is 5.90. The number of ether oxygens (including phenoxy) is 1. The quantitative estimate of drug-likeness (QED) is 0.826. The number of hydrogen-bond acceptors (Lipinski definition) is 5. The van der Waals surface area contributed by atoms with E-state index in [9.17, 15) is 13.6 Å². The summed E-state index contributed by atoms with van der Waals surface area (Å²) >= 11 is 0. The molecule has 138 valence electrons. The number of amides is 1. The molecular weight excluding hydrogens is 342 g/mol. The van der Waals surface area contributed by atoms with Crippen LogP contribution < -0.4 is 10.6 Å². The summed E-state index contributed by atoms with van der Waals surface area (Å²) in [5.41, 5.74) is 0.863. The zero-order chi connectivity index (χ0) is 18.4. The SMILES string of the molecule is O=C(Nc1ccc(NCCN2CCOCC2)cn1)c1ccc(F)c(F)c1. The number of pyridine rings is 1. The van der Waals surface area contributed by atoms with Gasteiger partial charge in [-0.25, -0.2) is 13.8 Å². The van der Waals surface area contributed by atoms with Crippen LogP contribution in [0.2, 0.25) is 0 Å². The van der Waals surface area contributed by atoms with Crippen LogP contribution in [0.5, 0.6) is 0 Å². The maximum Gasteiger partial charge on any atom is 0.256 e. The second kappa shape index (κ2) is 8.68. The van der Waals surface area contributed by atoms with Crippen molar-refractivity contribution >= 4 is 17.4 Å². The molecule has 8 heteroatoms. The van der Waals surface area contributed by atoms with Gasteiger partial charge in [-0.2, -0.15) is 0 Å². The molecule has 6 nitrogen and oxygen atoms in total. The predicted molar refractivity (Wildman–Crippen MR) is 94.3 cm³/mol. The number of benzene rings is 1. The molecule has 1 fully saturated rings. The third-order valence-electron chi connectivity index (χ3n) is 4.05.